The molecule has 0 unspecified atom stereocenters. The Morgan fingerprint density at radius 3 is 2.11 bits per heavy atom. The van der Waals surface area contributed by atoms with Crippen molar-refractivity contribution in [3.8, 4) is 0 Å². The van der Waals surface area contributed by atoms with Gasteiger partial charge < -0.3 is 19.9 Å². The van der Waals surface area contributed by atoms with E-state index < -0.39 is 5.54 Å². The standard InChI is InChI=1S/C12H23N3O3/c1-12(2,13-3)11(17)15-7-5-14(6-8-15)10(16)9-18-4/h13H,5-9H2,1-4H3. The van der Waals surface area contributed by atoms with E-state index in [4.69, 9.17) is 4.74 Å². The van der Waals surface area contributed by atoms with Crippen LogP contribution in [0.5, 0.6) is 0 Å². The second-order valence-corrected chi connectivity index (χ2v) is 4.98. The minimum absolute atomic E-state index is 0.0162. The lowest BCUT2D eigenvalue weighted by atomic mass is 10.0. The van der Waals surface area contributed by atoms with Crippen molar-refractivity contribution < 1.29 is 14.3 Å². The molecular formula is C12H23N3O3. The van der Waals surface area contributed by atoms with Crippen LogP contribution in [0.2, 0.25) is 0 Å². The molecule has 1 N–H and O–H groups in total. The first-order valence-electron chi connectivity index (χ1n) is 6.17. The number of nitrogens with one attached hydrogen (secondary N) is 1. The molecule has 0 aromatic heterocycles. The van der Waals surface area contributed by atoms with Gasteiger partial charge in [0.1, 0.15) is 6.61 Å². The van der Waals surface area contributed by atoms with E-state index in [1.807, 2.05) is 13.8 Å². The molecule has 1 aliphatic heterocycles. The van der Waals surface area contributed by atoms with Crippen molar-refractivity contribution in [3.63, 3.8) is 0 Å². The third kappa shape index (κ3) is 3.43. The van der Waals surface area contributed by atoms with Crippen molar-refractivity contribution >= 4 is 11.8 Å². The number of ether oxygens (including phenoxy) is 1. The fourth-order valence-corrected chi connectivity index (χ4v) is 1.88. The van der Waals surface area contributed by atoms with Crippen LogP contribution in [0.3, 0.4) is 0 Å². The highest BCUT2D eigenvalue weighted by Crippen LogP contribution is 2.10. The topological polar surface area (TPSA) is 61.9 Å². The van der Waals surface area contributed by atoms with E-state index in [1.165, 1.54) is 7.11 Å². The van der Waals surface area contributed by atoms with Crippen molar-refractivity contribution in [1.29, 1.82) is 0 Å². The van der Waals surface area contributed by atoms with Crippen molar-refractivity contribution in [3.05, 3.63) is 0 Å². The van der Waals surface area contributed by atoms with E-state index in [-0.39, 0.29) is 18.4 Å². The van der Waals surface area contributed by atoms with Crippen LogP contribution in [0.1, 0.15) is 13.8 Å². The molecule has 0 saturated carbocycles. The van der Waals surface area contributed by atoms with Gasteiger partial charge in [-0.3, -0.25) is 9.59 Å². The summed E-state index contributed by atoms with van der Waals surface area (Å²) in [5.41, 5.74) is -0.557. The predicted octanol–water partition coefficient (Wildman–Crippen LogP) is -0.698. The summed E-state index contributed by atoms with van der Waals surface area (Å²) in [4.78, 5) is 27.3. The Balaban J connectivity index is 2.49. The van der Waals surface area contributed by atoms with Gasteiger partial charge in [-0.1, -0.05) is 0 Å². The largest absolute Gasteiger partial charge is 0.375 e. The highest BCUT2D eigenvalue weighted by Gasteiger charge is 2.32. The second-order valence-electron chi connectivity index (χ2n) is 4.98. The van der Waals surface area contributed by atoms with Crippen LogP contribution in [0.15, 0.2) is 0 Å². The molecule has 1 rings (SSSR count). The first-order chi connectivity index (χ1) is 8.42. The molecule has 1 heterocycles. The zero-order chi connectivity index (χ0) is 13.8. The van der Waals surface area contributed by atoms with Gasteiger partial charge in [-0.2, -0.15) is 0 Å². The summed E-state index contributed by atoms with van der Waals surface area (Å²) in [5.74, 6) is 0.0568. The lowest BCUT2D eigenvalue weighted by Gasteiger charge is -2.38. The number of hydrogen-bond acceptors (Lipinski definition) is 4. The molecule has 0 bridgehead atoms. The number of hydrogen-bond donors (Lipinski definition) is 1. The maximum absolute atomic E-state index is 12.2. The highest BCUT2D eigenvalue weighted by atomic mass is 16.5. The third-order valence-corrected chi connectivity index (χ3v) is 3.35. The molecule has 1 saturated heterocycles. The average molecular weight is 257 g/mol. The Morgan fingerprint density at radius 1 is 1.17 bits per heavy atom. The summed E-state index contributed by atoms with van der Waals surface area (Å²) in [6, 6.07) is 0. The molecule has 1 aliphatic rings. The minimum Gasteiger partial charge on any atom is -0.375 e. The number of piperazine rings is 1. The number of amides is 2. The molecular weight excluding hydrogens is 234 g/mol. The van der Waals surface area contributed by atoms with Crippen LogP contribution >= 0.6 is 0 Å². The number of methoxy groups -OCH3 is 1. The molecule has 0 radical (unpaired) electrons. The predicted molar refractivity (Wildman–Crippen MR) is 68.2 cm³/mol. The van der Waals surface area contributed by atoms with E-state index in [9.17, 15) is 9.59 Å². The smallest absolute Gasteiger partial charge is 0.248 e. The van der Waals surface area contributed by atoms with E-state index in [2.05, 4.69) is 5.32 Å². The SMILES string of the molecule is CNC(C)(C)C(=O)N1CCN(C(=O)COC)CC1. The zero-order valence-corrected chi connectivity index (χ0v) is 11.7. The fraction of sp³-hybridized carbons (Fsp3) is 0.833. The molecule has 0 aliphatic carbocycles. The summed E-state index contributed by atoms with van der Waals surface area (Å²) >= 11 is 0. The number of likely N-dealkylation sites (N-methyl/N-ethyl adjacent to an activating group) is 1. The van der Waals surface area contributed by atoms with Crippen LogP contribution in [0, 0.1) is 0 Å². The highest BCUT2D eigenvalue weighted by molar-refractivity contribution is 5.86. The van der Waals surface area contributed by atoms with Crippen LogP contribution in [-0.4, -0.2) is 74.1 Å². The number of carbonyl (C=O) groups excluding carboxylic acids is 2. The van der Waals surface area contributed by atoms with Crippen LogP contribution in [0.4, 0.5) is 0 Å². The summed E-state index contributed by atoms with van der Waals surface area (Å²) < 4.78 is 4.82. The summed E-state index contributed by atoms with van der Waals surface area (Å²) in [5, 5.41) is 3.00. The molecule has 0 atom stereocenters. The monoisotopic (exact) mass is 257 g/mol. The van der Waals surface area contributed by atoms with E-state index in [1.54, 1.807) is 16.8 Å². The van der Waals surface area contributed by atoms with Crippen molar-refractivity contribution in [2.24, 2.45) is 0 Å². The van der Waals surface area contributed by atoms with Crippen LogP contribution < -0.4 is 5.32 Å². The van der Waals surface area contributed by atoms with E-state index in [0.29, 0.717) is 26.2 Å². The first kappa shape index (κ1) is 14.9. The van der Waals surface area contributed by atoms with Gasteiger partial charge in [0.15, 0.2) is 0 Å². The Kier molecular flexibility index (Phi) is 5.10. The average Bonchev–Trinajstić information content (AvgIpc) is 2.38. The maximum Gasteiger partial charge on any atom is 0.248 e. The molecule has 2 amide bonds. The van der Waals surface area contributed by atoms with Gasteiger partial charge >= 0.3 is 0 Å². The number of nitrogens with zero attached hydrogens (tertiary/aromatic N) is 2. The molecule has 0 spiro atoms. The Labute approximate surface area is 108 Å². The molecule has 6 nitrogen and oxygen atoms in total. The van der Waals surface area contributed by atoms with Gasteiger partial charge in [0.05, 0.1) is 5.54 Å². The molecule has 0 aromatic rings. The van der Waals surface area contributed by atoms with E-state index >= 15 is 0 Å². The van der Waals surface area contributed by atoms with Gasteiger partial charge in [-0.25, -0.2) is 0 Å². The van der Waals surface area contributed by atoms with Gasteiger partial charge in [0, 0.05) is 33.3 Å². The summed E-state index contributed by atoms with van der Waals surface area (Å²) in [6.07, 6.45) is 0. The van der Waals surface area contributed by atoms with Crippen molar-refractivity contribution in [2.75, 3.05) is 46.9 Å². The zero-order valence-electron chi connectivity index (χ0n) is 11.7. The van der Waals surface area contributed by atoms with E-state index in [0.717, 1.165) is 0 Å². The molecule has 104 valence electrons. The Bertz CT molecular complexity index is 310. The van der Waals surface area contributed by atoms with Crippen molar-refractivity contribution in [2.45, 2.75) is 19.4 Å². The van der Waals surface area contributed by atoms with Gasteiger partial charge in [0.2, 0.25) is 11.8 Å². The van der Waals surface area contributed by atoms with Crippen LogP contribution in [0.25, 0.3) is 0 Å². The lowest BCUT2D eigenvalue weighted by Crippen LogP contribution is -2.58. The number of carbonyl (C=O) groups is 2. The molecule has 0 aromatic carbocycles. The van der Waals surface area contributed by atoms with Gasteiger partial charge in [-0.15, -0.1) is 0 Å². The fourth-order valence-electron chi connectivity index (χ4n) is 1.88. The number of rotatable bonds is 4. The van der Waals surface area contributed by atoms with Gasteiger partial charge in [0.25, 0.3) is 0 Å². The maximum atomic E-state index is 12.2. The van der Waals surface area contributed by atoms with Crippen LogP contribution in [-0.2, 0) is 14.3 Å². The third-order valence-electron chi connectivity index (χ3n) is 3.35. The lowest BCUT2D eigenvalue weighted by molar-refractivity contribution is -0.144. The van der Waals surface area contributed by atoms with Crippen molar-refractivity contribution in [1.82, 2.24) is 15.1 Å². The molecule has 18 heavy (non-hydrogen) atoms. The summed E-state index contributed by atoms with van der Waals surface area (Å²) in [6.45, 7) is 6.14. The summed E-state index contributed by atoms with van der Waals surface area (Å²) in [7, 11) is 3.28. The second kappa shape index (κ2) is 6.15. The Morgan fingerprint density at radius 2 is 1.67 bits per heavy atom. The Hall–Kier alpha value is -1.14. The minimum atomic E-state index is -0.557. The first-order valence-corrected chi connectivity index (χ1v) is 6.17. The molecule has 6 heteroatoms. The normalized spacial score (nSPS) is 16.9. The van der Waals surface area contributed by atoms with Gasteiger partial charge in [-0.05, 0) is 20.9 Å². The quantitative estimate of drug-likeness (QED) is 0.723. The molecule has 1 fully saturated rings.